The van der Waals surface area contributed by atoms with Crippen LogP contribution in [-0.4, -0.2) is 50.0 Å². The van der Waals surface area contributed by atoms with Gasteiger partial charge in [-0.05, 0) is 19.3 Å². The van der Waals surface area contributed by atoms with Crippen molar-refractivity contribution in [2.75, 3.05) is 18.6 Å². The molecule has 0 heterocycles. The molecule has 1 rings (SSSR count). The Morgan fingerprint density at radius 2 is 2.00 bits per heavy atom. The Morgan fingerprint density at radius 1 is 1.44 bits per heavy atom. The normalized spacial score (nSPS) is 19.0. The Morgan fingerprint density at radius 3 is 2.33 bits per heavy atom. The number of carbonyl (C=O) groups excluding carboxylic acids is 1. The quantitative estimate of drug-likeness (QED) is 0.533. The lowest BCUT2D eigenvalue weighted by atomic mass is 10.1. The Hall–Kier alpha value is -1.15. The Bertz CT molecular complexity index is 441. The maximum Gasteiger partial charge on any atom is 0.326 e. The second-order valence-corrected chi connectivity index (χ2v) is 7.03. The number of aliphatic carboxylic acids is 1. The van der Waals surface area contributed by atoms with Crippen LogP contribution >= 0.6 is 0 Å². The first kappa shape index (κ1) is 14.9. The third-order valence-corrected chi connectivity index (χ3v) is 4.08. The average molecular weight is 278 g/mol. The van der Waals surface area contributed by atoms with Crippen LogP contribution in [0.15, 0.2) is 0 Å². The zero-order valence-electron chi connectivity index (χ0n) is 10.2. The predicted octanol–water partition coefficient (Wildman–Crippen LogP) is -1.27. The highest BCUT2D eigenvalue weighted by atomic mass is 32.2. The van der Waals surface area contributed by atoms with Crippen LogP contribution in [0, 0.1) is 5.41 Å². The van der Waals surface area contributed by atoms with E-state index in [9.17, 15) is 18.0 Å². The first-order chi connectivity index (χ1) is 8.20. The standard InChI is InChI=1S/C10H18N2O5S/c1-18(16,17)5-2-7(8(13)14)12-9(15)10(6-11)3-4-10/h7H,2-6,11H2,1H3,(H,12,15)(H,13,14). The number of carboxylic acids is 1. The topological polar surface area (TPSA) is 127 Å². The molecule has 1 atom stereocenters. The van der Waals surface area contributed by atoms with E-state index >= 15 is 0 Å². The summed E-state index contributed by atoms with van der Waals surface area (Å²) in [6, 6.07) is -1.18. The molecule has 1 fully saturated rings. The average Bonchev–Trinajstić information content (AvgIpc) is 3.02. The van der Waals surface area contributed by atoms with Crippen molar-refractivity contribution in [2.45, 2.75) is 25.3 Å². The van der Waals surface area contributed by atoms with Crippen molar-refractivity contribution in [3.63, 3.8) is 0 Å². The van der Waals surface area contributed by atoms with Gasteiger partial charge in [-0.15, -0.1) is 0 Å². The molecule has 1 aliphatic carbocycles. The fourth-order valence-corrected chi connectivity index (χ4v) is 2.24. The molecule has 1 saturated carbocycles. The van der Waals surface area contributed by atoms with E-state index in [1.54, 1.807) is 0 Å². The molecule has 18 heavy (non-hydrogen) atoms. The predicted molar refractivity (Wildman–Crippen MR) is 64.6 cm³/mol. The molecule has 0 saturated heterocycles. The fourth-order valence-electron chi connectivity index (χ4n) is 1.58. The van der Waals surface area contributed by atoms with Gasteiger partial charge in [-0.1, -0.05) is 0 Å². The van der Waals surface area contributed by atoms with Gasteiger partial charge in [0, 0.05) is 12.8 Å². The van der Waals surface area contributed by atoms with Crippen LogP contribution in [0.4, 0.5) is 0 Å². The minimum atomic E-state index is -3.25. The monoisotopic (exact) mass is 278 g/mol. The van der Waals surface area contributed by atoms with Gasteiger partial charge in [-0.3, -0.25) is 4.79 Å². The van der Waals surface area contributed by atoms with E-state index in [0.29, 0.717) is 12.8 Å². The van der Waals surface area contributed by atoms with Gasteiger partial charge in [-0.2, -0.15) is 0 Å². The van der Waals surface area contributed by atoms with Crippen LogP contribution in [0.25, 0.3) is 0 Å². The zero-order chi connectivity index (χ0) is 14.0. The molecule has 1 aliphatic rings. The number of rotatable bonds is 7. The molecular formula is C10H18N2O5S. The largest absolute Gasteiger partial charge is 0.480 e. The molecule has 0 radical (unpaired) electrons. The molecule has 0 aromatic heterocycles. The molecule has 4 N–H and O–H groups in total. The van der Waals surface area contributed by atoms with E-state index in [-0.39, 0.29) is 18.7 Å². The molecule has 0 aliphatic heterocycles. The summed E-state index contributed by atoms with van der Waals surface area (Å²) >= 11 is 0. The second-order valence-electron chi connectivity index (χ2n) is 4.77. The summed E-state index contributed by atoms with van der Waals surface area (Å²) in [6.07, 6.45) is 2.18. The van der Waals surface area contributed by atoms with Crippen LogP contribution in [0.1, 0.15) is 19.3 Å². The van der Waals surface area contributed by atoms with Crippen molar-refractivity contribution < 1.29 is 23.1 Å². The summed E-state index contributed by atoms with van der Waals surface area (Å²) in [5.74, 6) is -1.91. The lowest BCUT2D eigenvalue weighted by Crippen LogP contribution is -2.46. The van der Waals surface area contributed by atoms with E-state index in [4.69, 9.17) is 10.8 Å². The van der Waals surface area contributed by atoms with Crippen molar-refractivity contribution in [3.8, 4) is 0 Å². The Balaban J connectivity index is 2.59. The van der Waals surface area contributed by atoms with Crippen molar-refractivity contribution in [1.29, 1.82) is 0 Å². The van der Waals surface area contributed by atoms with Gasteiger partial charge in [0.05, 0.1) is 11.2 Å². The summed E-state index contributed by atoms with van der Waals surface area (Å²) < 4.78 is 22.0. The zero-order valence-corrected chi connectivity index (χ0v) is 11.0. The van der Waals surface area contributed by atoms with Crippen LogP contribution in [-0.2, 0) is 19.4 Å². The number of hydrogen-bond acceptors (Lipinski definition) is 5. The molecule has 1 amide bonds. The van der Waals surface area contributed by atoms with E-state index in [2.05, 4.69) is 5.32 Å². The van der Waals surface area contributed by atoms with Crippen molar-refractivity contribution in [1.82, 2.24) is 5.32 Å². The summed E-state index contributed by atoms with van der Waals surface area (Å²) in [4.78, 5) is 22.7. The number of nitrogens with two attached hydrogens (primary N) is 1. The van der Waals surface area contributed by atoms with E-state index in [1.165, 1.54) is 0 Å². The van der Waals surface area contributed by atoms with Gasteiger partial charge >= 0.3 is 5.97 Å². The van der Waals surface area contributed by atoms with E-state index in [0.717, 1.165) is 6.26 Å². The number of nitrogens with one attached hydrogen (secondary N) is 1. The van der Waals surface area contributed by atoms with E-state index < -0.39 is 33.2 Å². The lowest BCUT2D eigenvalue weighted by Gasteiger charge is -2.18. The summed E-state index contributed by atoms with van der Waals surface area (Å²) in [7, 11) is -3.25. The molecule has 8 heteroatoms. The van der Waals surface area contributed by atoms with Crippen LogP contribution < -0.4 is 11.1 Å². The molecule has 0 spiro atoms. The van der Waals surface area contributed by atoms with Crippen LogP contribution in [0.2, 0.25) is 0 Å². The highest BCUT2D eigenvalue weighted by Crippen LogP contribution is 2.44. The Labute approximate surface area is 106 Å². The van der Waals surface area contributed by atoms with Gasteiger partial charge in [-0.25, -0.2) is 13.2 Å². The van der Waals surface area contributed by atoms with Gasteiger partial charge in [0.15, 0.2) is 0 Å². The SMILES string of the molecule is CS(=O)(=O)CCC(NC(=O)C1(CN)CC1)C(=O)O. The number of sulfone groups is 1. The minimum Gasteiger partial charge on any atom is -0.480 e. The molecular weight excluding hydrogens is 260 g/mol. The molecule has 104 valence electrons. The van der Waals surface area contributed by atoms with Gasteiger partial charge in [0.2, 0.25) is 5.91 Å². The first-order valence-corrected chi connectivity index (χ1v) is 7.68. The smallest absolute Gasteiger partial charge is 0.326 e. The molecule has 0 aromatic rings. The number of carbonyl (C=O) groups is 2. The molecule has 1 unspecified atom stereocenters. The van der Waals surface area contributed by atoms with Crippen molar-refractivity contribution >= 4 is 21.7 Å². The lowest BCUT2D eigenvalue weighted by molar-refractivity contribution is -0.142. The maximum absolute atomic E-state index is 11.8. The Kier molecular flexibility index (Phi) is 4.33. The number of hydrogen-bond donors (Lipinski definition) is 3. The first-order valence-electron chi connectivity index (χ1n) is 5.62. The highest BCUT2D eigenvalue weighted by molar-refractivity contribution is 7.90. The van der Waals surface area contributed by atoms with Crippen molar-refractivity contribution in [2.24, 2.45) is 11.1 Å². The highest BCUT2D eigenvalue weighted by Gasteiger charge is 2.49. The number of amides is 1. The summed E-state index contributed by atoms with van der Waals surface area (Å²) in [5.41, 5.74) is 4.82. The number of carboxylic acid groups (broad SMARTS) is 1. The fraction of sp³-hybridized carbons (Fsp3) is 0.800. The van der Waals surface area contributed by atoms with E-state index in [1.807, 2.05) is 0 Å². The van der Waals surface area contributed by atoms with Gasteiger partial charge in [0.25, 0.3) is 0 Å². The third-order valence-electron chi connectivity index (χ3n) is 3.11. The van der Waals surface area contributed by atoms with Gasteiger partial charge in [0.1, 0.15) is 15.9 Å². The summed E-state index contributed by atoms with van der Waals surface area (Å²) in [6.45, 7) is 0.178. The minimum absolute atomic E-state index is 0.138. The van der Waals surface area contributed by atoms with Crippen LogP contribution in [0.3, 0.4) is 0 Å². The van der Waals surface area contributed by atoms with Gasteiger partial charge < -0.3 is 16.2 Å². The summed E-state index contributed by atoms with van der Waals surface area (Å²) in [5, 5.41) is 11.3. The second kappa shape index (κ2) is 5.23. The molecule has 0 aromatic carbocycles. The van der Waals surface area contributed by atoms with Crippen molar-refractivity contribution in [3.05, 3.63) is 0 Å². The molecule has 7 nitrogen and oxygen atoms in total. The maximum atomic E-state index is 11.8. The third kappa shape index (κ3) is 3.95. The van der Waals surface area contributed by atoms with Crippen LogP contribution in [0.5, 0.6) is 0 Å². The molecule has 0 bridgehead atoms.